The van der Waals surface area contributed by atoms with Crippen LogP contribution in [0, 0.1) is 0 Å². The molecule has 1 aliphatic heterocycles. The largest absolute Gasteiger partial charge is 0.381 e. The first-order valence-electron chi connectivity index (χ1n) is 7.88. The fourth-order valence-electron chi connectivity index (χ4n) is 2.78. The molecular formula is C17H26BrN3O2. The van der Waals surface area contributed by atoms with E-state index in [2.05, 4.69) is 43.3 Å². The van der Waals surface area contributed by atoms with Crippen LogP contribution in [0.15, 0.2) is 33.7 Å². The Morgan fingerprint density at radius 1 is 1.39 bits per heavy atom. The van der Waals surface area contributed by atoms with E-state index in [0.717, 1.165) is 49.6 Å². The highest BCUT2D eigenvalue weighted by Gasteiger charge is 2.32. The zero-order valence-electron chi connectivity index (χ0n) is 14.1. The maximum absolute atomic E-state index is 5.77. The van der Waals surface area contributed by atoms with E-state index < -0.39 is 0 Å². The maximum atomic E-state index is 5.77. The Morgan fingerprint density at radius 3 is 2.70 bits per heavy atom. The van der Waals surface area contributed by atoms with Crippen molar-refractivity contribution in [1.29, 1.82) is 0 Å². The van der Waals surface area contributed by atoms with E-state index in [-0.39, 0.29) is 5.60 Å². The van der Waals surface area contributed by atoms with Gasteiger partial charge in [0, 0.05) is 64.8 Å². The third kappa shape index (κ3) is 4.93. The summed E-state index contributed by atoms with van der Waals surface area (Å²) in [4.78, 5) is 6.51. The SMILES string of the molecule is CN=C(NCC1(OC)CCOCC1)N(C)Cc1ccccc1Br. The van der Waals surface area contributed by atoms with Crippen LogP contribution in [0.5, 0.6) is 0 Å². The minimum absolute atomic E-state index is 0.164. The van der Waals surface area contributed by atoms with Gasteiger partial charge in [0.2, 0.25) is 0 Å². The van der Waals surface area contributed by atoms with Crippen molar-refractivity contribution in [3.05, 3.63) is 34.3 Å². The molecule has 0 amide bonds. The second kappa shape index (κ2) is 8.66. The van der Waals surface area contributed by atoms with Gasteiger partial charge < -0.3 is 19.7 Å². The molecule has 2 rings (SSSR count). The number of ether oxygens (including phenoxy) is 2. The Hall–Kier alpha value is -1.11. The second-order valence-corrected chi connectivity index (χ2v) is 6.70. The molecule has 0 aliphatic carbocycles. The van der Waals surface area contributed by atoms with E-state index >= 15 is 0 Å². The van der Waals surface area contributed by atoms with Crippen LogP contribution in [0.3, 0.4) is 0 Å². The van der Waals surface area contributed by atoms with Crippen LogP contribution in [0.25, 0.3) is 0 Å². The smallest absolute Gasteiger partial charge is 0.193 e. The van der Waals surface area contributed by atoms with Crippen molar-refractivity contribution in [2.24, 2.45) is 4.99 Å². The van der Waals surface area contributed by atoms with Crippen LogP contribution < -0.4 is 5.32 Å². The average molecular weight is 384 g/mol. The number of hydrogen-bond donors (Lipinski definition) is 1. The quantitative estimate of drug-likeness (QED) is 0.626. The predicted molar refractivity (Wildman–Crippen MR) is 96.8 cm³/mol. The molecule has 0 bridgehead atoms. The van der Waals surface area contributed by atoms with E-state index in [0.29, 0.717) is 0 Å². The molecule has 0 radical (unpaired) electrons. The van der Waals surface area contributed by atoms with E-state index in [1.807, 2.05) is 26.2 Å². The molecule has 0 saturated carbocycles. The van der Waals surface area contributed by atoms with Gasteiger partial charge in [-0.25, -0.2) is 0 Å². The van der Waals surface area contributed by atoms with Gasteiger partial charge in [0.1, 0.15) is 0 Å². The van der Waals surface area contributed by atoms with Crippen molar-refractivity contribution in [3.8, 4) is 0 Å². The first-order chi connectivity index (χ1) is 11.1. The summed E-state index contributed by atoms with van der Waals surface area (Å²) < 4.78 is 12.3. The monoisotopic (exact) mass is 383 g/mol. The average Bonchev–Trinajstić information content (AvgIpc) is 2.58. The van der Waals surface area contributed by atoms with Gasteiger partial charge in [-0.15, -0.1) is 0 Å². The fourth-order valence-corrected chi connectivity index (χ4v) is 3.19. The predicted octanol–water partition coefficient (Wildman–Crippen LogP) is 2.65. The minimum atomic E-state index is -0.164. The molecule has 0 atom stereocenters. The first kappa shape index (κ1) is 18.2. The van der Waals surface area contributed by atoms with Crippen LogP contribution in [0.4, 0.5) is 0 Å². The van der Waals surface area contributed by atoms with Gasteiger partial charge in [-0.05, 0) is 11.6 Å². The summed E-state index contributed by atoms with van der Waals surface area (Å²) in [6.45, 7) is 3.02. The van der Waals surface area contributed by atoms with Crippen molar-refractivity contribution < 1.29 is 9.47 Å². The number of rotatable bonds is 5. The summed E-state index contributed by atoms with van der Waals surface area (Å²) in [6.07, 6.45) is 1.81. The Balaban J connectivity index is 1.95. The van der Waals surface area contributed by atoms with Crippen LogP contribution >= 0.6 is 15.9 Å². The first-order valence-corrected chi connectivity index (χ1v) is 8.67. The summed E-state index contributed by atoms with van der Waals surface area (Å²) in [5, 5.41) is 3.45. The molecule has 0 aromatic heterocycles. The van der Waals surface area contributed by atoms with Crippen LogP contribution in [-0.2, 0) is 16.0 Å². The standard InChI is InChI=1S/C17H26BrN3O2/c1-19-16(20-13-17(22-3)8-10-23-11-9-17)21(2)12-14-6-4-5-7-15(14)18/h4-7H,8-13H2,1-3H3,(H,19,20). The van der Waals surface area contributed by atoms with E-state index in [9.17, 15) is 0 Å². The molecule has 1 aromatic carbocycles. The van der Waals surface area contributed by atoms with Gasteiger partial charge in [0.05, 0.1) is 5.60 Å². The van der Waals surface area contributed by atoms with Crippen LogP contribution in [-0.4, -0.2) is 57.4 Å². The van der Waals surface area contributed by atoms with Gasteiger partial charge in [0.25, 0.3) is 0 Å². The molecule has 6 heteroatoms. The Labute approximate surface area is 147 Å². The lowest BCUT2D eigenvalue weighted by atomic mass is 9.94. The molecule has 1 heterocycles. The van der Waals surface area contributed by atoms with Gasteiger partial charge in [0.15, 0.2) is 5.96 Å². The zero-order chi connectivity index (χ0) is 16.7. The number of methoxy groups -OCH3 is 1. The minimum Gasteiger partial charge on any atom is -0.381 e. The molecule has 1 fully saturated rings. The van der Waals surface area contributed by atoms with Gasteiger partial charge in [-0.2, -0.15) is 0 Å². The number of aliphatic imine (C=N–C) groups is 1. The number of nitrogens with one attached hydrogen (secondary N) is 1. The maximum Gasteiger partial charge on any atom is 0.193 e. The van der Waals surface area contributed by atoms with Crippen LogP contribution in [0.2, 0.25) is 0 Å². The zero-order valence-corrected chi connectivity index (χ0v) is 15.7. The Morgan fingerprint density at radius 2 is 2.09 bits per heavy atom. The fraction of sp³-hybridized carbons (Fsp3) is 0.588. The van der Waals surface area contributed by atoms with Crippen molar-refractivity contribution in [2.45, 2.75) is 25.0 Å². The highest BCUT2D eigenvalue weighted by atomic mass is 79.9. The summed E-state index contributed by atoms with van der Waals surface area (Å²) in [5.41, 5.74) is 1.06. The molecule has 0 spiro atoms. The molecule has 0 unspecified atom stereocenters. The summed E-state index contributed by atoms with van der Waals surface area (Å²) in [7, 11) is 5.63. The molecule has 1 N–H and O–H groups in total. The van der Waals surface area contributed by atoms with Crippen LogP contribution in [0.1, 0.15) is 18.4 Å². The Bertz CT molecular complexity index is 530. The summed E-state index contributed by atoms with van der Waals surface area (Å²) in [5.74, 6) is 0.865. The number of nitrogens with zero attached hydrogens (tertiary/aromatic N) is 2. The molecule has 128 valence electrons. The highest BCUT2D eigenvalue weighted by molar-refractivity contribution is 9.10. The summed E-state index contributed by atoms with van der Waals surface area (Å²) in [6, 6.07) is 8.24. The number of benzene rings is 1. The summed E-state index contributed by atoms with van der Waals surface area (Å²) >= 11 is 3.60. The molecule has 1 aromatic rings. The van der Waals surface area contributed by atoms with Crippen molar-refractivity contribution in [1.82, 2.24) is 10.2 Å². The second-order valence-electron chi connectivity index (χ2n) is 5.85. The third-order valence-corrected chi connectivity index (χ3v) is 5.12. The lowest BCUT2D eigenvalue weighted by molar-refractivity contribution is -0.0857. The van der Waals surface area contributed by atoms with Crippen molar-refractivity contribution >= 4 is 21.9 Å². The number of guanidine groups is 1. The van der Waals surface area contributed by atoms with E-state index in [1.54, 1.807) is 7.11 Å². The Kier molecular flexibility index (Phi) is 6.87. The number of hydrogen-bond acceptors (Lipinski definition) is 3. The lowest BCUT2D eigenvalue weighted by Crippen LogP contribution is -2.50. The van der Waals surface area contributed by atoms with Crippen molar-refractivity contribution in [2.75, 3.05) is 41.0 Å². The van der Waals surface area contributed by atoms with Crippen molar-refractivity contribution in [3.63, 3.8) is 0 Å². The molecular weight excluding hydrogens is 358 g/mol. The highest BCUT2D eigenvalue weighted by Crippen LogP contribution is 2.23. The number of halogens is 1. The topological polar surface area (TPSA) is 46.1 Å². The van der Waals surface area contributed by atoms with E-state index in [1.165, 1.54) is 5.56 Å². The van der Waals surface area contributed by atoms with Gasteiger partial charge in [-0.3, -0.25) is 4.99 Å². The molecule has 1 aliphatic rings. The van der Waals surface area contributed by atoms with Gasteiger partial charge in [-0.1, -0.05) is 34.1 Å². The van der Waals surface area contributed by atoms with E-state index in [4.69, 9.17) is 9.47 Å². The molecule has 1 saturated heterocycles. The molecule has 23 heavy (non-hydrogen) atoms. The normalized spacial score (nSPS) is 17.8. The lowest BCUT2D eigenvalue weighted by Gasteiger charge is -2.37. The van der Waals surface area contributed by atoms with Gasteiger partial charge >= 0.3 is 0 Å². The third-order valence-electron chi connectivity index (χ3n) is 4.34. The molecule has 5 nitrogen and oxygen atoms in total.